The molecule has 2 atom stereocenters. The number of likely N-dealkylation sites (tertiary alicyclic amines) is 1. The summed E-state index contributed by atoms with van der Waals surface area (Å²) >= 11 is 0. The van der Waals surface area contributed by atoms with Gasteiger partial charge < -0.3 is 10.0 Å². The van der Waals surface area contributed by atoms with Crippen molar-refractivity contribution in [3.63, 3.8) is 0 Å². The Hall–Kier alpha value is -3.05. The Morgan fingerprint density at radius 2 is 1.89 bits per heavy atom. The number of aryl methyl sites for hydroxylation is 1. The van der Waals surface area contributed by atoms with E-state index in [1.165, 1.54) is 11.1 Å². The first kappa shape index (κ1) is 18.3. The Morgan fingerprint density at radius 1 is 1.11 bits per heavy atom. The smallest absolute Gasteiger partial charge is 0.253 e. The summed E-state index contributed by atoms with van der Waals surface area (Å²) < 4.78 is 0. The number of aliphatic hydroxyl groups is 1. The van der Waals surface area contributed by atoms with Crippen LogP contribution in [-0.4, -0.2) is 45.1 Å². The number of amides is 1. The third-order valence-corrected chi connectivity index (χ3v) is 5.37. The molecule has 2 aromatic carbocycles. The SMILES string of the molecule is Cc1ccccc1-c1ccc(C(=O)N2C[C@@H](Cc3cnccn3)[C@H](O)C2)cc1. The summed E-state index contributed by atoms with van der Waals surface area (Å²) in [6, 6.07) is 15.9. The van der Waals surface area contributed by atoms with Gasteiger partial charge in [0.1, 0.15) is 0 Å². The van der Waals surface area contributed by atoms with Crippen molar-refractivity contribution in [2.24, 2.45) is 5.92 Å². The summed E-state index contributed by atoms with van der Waals surface area (Å²) in [4.78, 5) is 23.0. The van der Waals surface area contributed by atoms with Gasteiger partial charge in [-0.05, 0) is 42.2 Å². The third-order valence-electron chi connectivity index (χ3n) is 5.37. The second-order valence-corrected chi connectivity index (χ2v) is 7.33. The average molecular weight is 373 g/mol. The zero-order valence-corrected chi connectivity index (χ0v) is 15.8. The zero-order chi connectivity index (χ0) is 19.5. The number of β-amino-alcohol motifs (C(OH)–C–C–N with tert-alkyl or cyclic N) is 1. The minimum absolute atomic E-state index is 0.0214. The molecule has 4 rings (SSSR count). The van der Waals surface area contributed by atoms with Crippen molar-refractivity contribution in [3.8, 4) is 11.1 Å². The van der Waals surface area contributed by atoms with E-state index >= 15 is 0 Å². The van der Waals surface area contributed by atoms with Crippen molar-refractivity contribution in [3.05, 3.63) is 83.9 Å². The number of hydrogen-bond acceptors (Lipinski definition) is 4. The molecule has 5 nitrogen and oxygen atoms in total. The second kappa shape index (κ2) is 7.90. The van der Waals surface area contributed by atoms with Crippen LogP contribution in [0.1, 0.15) is 21.6 Å². The Labute approximate surface area is 164 Å². The van der Waals surface area contributed by atoms with Gasteiger partial charge in [-0.15, -0.1) is 0 Å². The first-order valence-corrected chi connectivity index (χ1v) is 9.50. The number of aromatic nitrogens is 2. The molecule has 0 radical (unpaired) electrons. The molecule has 1 fully saturated rings. The molecule has 1 aliphatic rings. The van der Waals surface area contributed by atoms with Crippen LogP contribution in [0.3, 0.4) is 0 Å². The summed E-state index contributed by atoms with van der Waals surface area (Å²) in [7, 11) is 0. The fraction of sp³-hybridized carbons (Fsp3) is 0.261. The second-order valence-electron chi connectivity index (χ2n) is 7.33. The predicted molar refractivity (Wildman–Crippen MR) is 108 cm³/mol. The Morgan fingerprint density at radius 3 is 2.61 bits per heavy atom. The van der Waals surface area contributed by atoms with E-state index in [1.54, 1.807) is 23.5 Å². The van der Waals surface area contributed by atoms with Crippen LogP contribution in [0.5, 0.6) is 0 Å². The Balaban J connectivity index is 1.45. The van der Waals surface area contributed by atoms with E-state index in [4.69, 9.17) is 0 Å². The molecule has 2 heterocycles. The van der Waals surface area contributed by atoms with Crippen LogP contribution in [0, 0.1) is 12.8 Å². The quantitative estimate of drug-likeness (QED) is 0.763. The van der Waals surface area contributed by atoms with Crippen molar-refractivity contribution in [2.75, 3.05) is 13.1 Å². The number of aliphatic hydroxyl groups excluding tert-OH is 1. The van der Waals surface area contributed by atoms with Crippen molar-refractivity contribution in [1.29, 1.82) is 0 Å². The topological polar surface area (TPSA) is 66.3 Å². The van der Waals surface area contributed by atoms with Gasteiger partial charge in [-0.1, -0.05) is 36.4 Å². The first-order chi connectivity index (χ1) is 13.6. The number of rotatable bonds is 4. The molecule has 1 saturated heterocycles. The van der Waals surface area contributed by atoms with Gasteiger partial charge in [-0.2, -0.15) is 0 Å². The molecule has 0 unspecified atom stereocenters. The minimum Gasteiger partial charge on any atom is -0.391 e. The van der Waals surface area contributed by atoms with Crippen LogP contribution in [-0.2, 0) is 6.42 Å². The molecule has 28 heavy (non-hydrogen) atoms. The summed E-state index contributed by atoms with van der Waals surface area (Å²) in [6.45, 7) is 2.96. The molecule has 0 saturated carbocycles. The number of carbonyl (C=O) groups is 1. The lowest BCUT2D eigenvalue weighted by Crippen LogP contribution is -2.29. The van der Waals surface area contributed by atoms with E-state index < -0.39 is 6.10 Å². The lowest BCUT2D eigenvalue weighted by Gasteiger charge is -2.16. The summed E-state index contributed by atoms with van der Waals surface area (Å²) in [5.74, 6) is -0.0658. The van der Waals surface area contributed by atoms with Crippen LogP contribution in [0.25, 0.3) is 11.1 Å². The van der Waals surface area contributed by atoms with Gasteiger partial charge >= 0.3 is 0 Å². The average Bonchev–Trinajstić information content (AvgIpc) is 3.09. The van der Waals surface area contributed by atoms with Crippen molar-refractivity contribution in [2.45, 2.75) is 19.4 Å². The van der Waals surface area contributed by atoms with Crippen LogP contribution in [0.2, 0.25) is 0 Å². The van der Waals surface area contributed by atoms with Crippen LogP contribution < -0.4 is 0 Å². The van der Waals surface area contributed by atoms with E-state index in [2.05, 4.69) is 29.0 Å². The fourth-order valence-corrected chi connectivity index (χ4v) is 3.80. The maximum Gasteiger partial charge on any atom is 0.253 e. The third kappa shape index (κ3) is 3.80. The molecule has 1 aromatic heterocycles. The molecule has 3 aromatic rings. The Bertz CT molecular complexity index is 957. The zero-order valence-electron chi connectivity index (χ0n) is 15.8. The van der Waals surface area contributed by atoms with Crippen LogP contribution >= 0.6 is 0 Å². The monoisotopic (exact) mass is 373 g/mol. The van der Waals surface area contributed by atoms with E-state index in [-0.39, 0.29) is 11.8 Å². The molecular weight excluding hydrogens is 350 g/mol. The number of benzene rings is 2. The maximum absolute atomic E-state index is 12.9. The summed E-state index contributed by atoms with van der Waals surface area (Å²) in [5.41, 5.74) is 4.95. The highest BCUT2D eigenvalue weighted by molar-refractivity contribution is 5.95. The normalized spacial score (nSPS) is 19.0. The lowest BCUT2D eigenvalue weighted by atomic mass is 9.99. The number of carbonyl (C=O) groups excluding carboxylic acids is 1. The maximum atomic E-state index is 12.9. The van der Waals surface area contributed by atoms with E-state index in [9.17, 15) is 9.90 Å². The van der Waals surface area contributed by atoms with Crippen molar-refractivity contribution >= 4 is 5.91 Å². The minimum atomic E-state index is -0.544. The van der Waals surface area contributed by atoms with E-state index in [1.807, 2.05) is 36.4 Å². The van der Waals surface area contributed by atoms with Gasteiger partial charge in [0.15, 0.2) is 0 Å². The van der Waals surface area contributed by atoms with Gasteiger partial charge in [0, 0.05) is 43.2 Å². The molecule has 0 aliphatic carbocycles. The number of hydrogen-bond donors (Lipinski definition) is 1. The highest BCUT2D eigenvalue weighted by atomic mass is 16.3. The van der Waals surface area contributed by atoms with Gasteiger partial charge in [-0.3, -0.25) is 14.8 Å². The standard InChI is InChI=1S/C23H23N3O2/c1-16-4-2-3-5-21(16)17-6-8-18(9-7-17)23(28)26-14-19(22(27)15-26)12-20-13-24-10-11-25-20/h2-11,13,19,22,27H,12,14-15H2,1H3/t19-,22-/m1/s1. The highest BCUT2D eigenvalue weighted by Crippen LogP contribution is 2.25. The van der Waals surface area contributed by atoms with Crippen molar-refractivity contribution in [1.82, 2.24) is 14.9 Å². The molecule has 1 amide bonds. The predicted octanol–water partition coefficient (Wildman–Crippen LogP) is 3.13. The fourth-order valence-electron chi connectivity index (χ4n) is 3.80. The van der Waals surface area contributed by atoms with Gasteiger partial charge in [0.2, 0.25) is 0 Å². The van der Waals surface area contributed by atoms with Crippen molar-refractivity contribution < 1.29 is 9.90 Å². The van der Waals surface area contributed by atoms with Gasteiger partial charge in [0.05, 0.1) is 11.8 Å². The summed E-state index contributed by atoms with van der Waals surface area (Å²) in [6.07, 6.45) is 5.06. The van der Waals surface area contributed by atoms with E-state index in [0.717, 1.165) is 11.3 Å². The molecule has 0 spiro atoms. The van der Waals surface area contributed by atoms with E-state index in [0.29, 0.717) is 25.1 Å². The summed E-state index contributed by atoms with van der Waals surface area (Å²) in [5, 5.41) is 10.4. The highest BCUT2D eigenvalue weighted by Gasteiger charge is 2.34. The molecule has 1 aliphatic heterocycles. The number of nitrogens with zero attached hydrogens (tertiary/aromatic N) is 3. The van der Waals surface area contributed by atoms with Crippen LogP contribution in [0.4, 0.5) is 0 Å². The molecule has 0 bridgehead atoms. The Kier molecular flexibility index (Phi) is 5.17. The van der Waals surface area contributed by atoms with Gasteiger partial charge in [0.25, 0.3) is 5.91 Å². The molecule has 1 N–H and O–H groups in total. The lowest BCUT2D eigenvalue weighted by molar-refractivity contribution is 0.0764. The van der Waals surface area contributed by atoms with Gasteiger partial charge in [-0.25, -0.2) is 0 Å². The largest absolute Gasteiger partial charge is 0.391 e. The molecular formula is C23H23N3O2. The molecule has 5 heteroatoms. The first-order valence-electron chi connectivity index (χ1n) is 9.50. The molecule has 142 valence electrons. The van der Waals surface area contributed by atoms with Crippen LogP contribution in [0.15, 0.2) is 67.1 Å².